The van der Waals surface area contributed by atoms with Crippen LogP contribution in [0.2, 0.25) is 10.0 Å². The average Bonchev–Trinajstić information content (AvgIpc) is 2.88. The monoisotopic (exact) mass is 439 g/mol. The summed E-state index contributed by atoms with van der Waals surface area (Å²) >= 11 is 12.5. The first-order chi connectivity index (χ1) is 13.2. The number of halogens is 2. The number of hydrogen-bond acceptors (Lipinski definition) is 6. The van der Waals surface area contributed by atoms with Gasteiger partial charge < -0.3 is 15.3 Å². The number of phenols is 2. The number of thioether (sulfide) groups is 1. The molecule has 1 aliphatic heterocycles. The van der Waals surface area contributed by atoms with Crippen molar-refractivity contribution in [2.24, 2.45) is 0 Å². The Kier molecular flexibility index (Phi) is 5.55. The van der Waals surface area contributed by atoms with Crippen molar-refractivity contribution >= 4 is 58.2 Å². The summed E-state index contributed by atoms with van der Waals surface area (Å²) in [7, 11) is 0. The Morgan fingerprint density at radius 2 is 1.82 bits per heavy atom. The molecule has 10 heteroatoms. The summed E-state index contributed by atoms with van der Waals surface area (Å²) in [5.41, 5.74) is 0.224. The first-order valence-electron chi connectivity index (χ1n) is 7.66. The Hall–Kier alpha value is -2.68. The lowest BCUT2D eigenvalue weighted by Crippen LogP contribution is -2.27. The van der Waals surface area contributed by atoms with Gasteiger partial charge in [-0.25, -0.2) is 4.79 Å². The summed E-state index contributed by atoms with van der Waals surface area (Å²) in [4.78, 5) is 37.0. The second-order valence-electron chi connectivity index (χ2n) is 5.76. The summed E-state index contributed by atoms with van der Waals surface area (Å²) in [6.45, 7) is -0.0138. The highest BCUT2D eigenvalue weighted by atomic mass is 35.5. The topological polar surface area (TPSA) is 115 Å². The fourth-order valence-corrected chi connectivity index (χ4v) is 3.65. The van der Waals surface area contributed by atoms with Gasteiger partial charge in [-0.3, -0.25) is 14.5 Å². The molecule has 2 aromatic carbocycles. The number of carbonyl (C=O) groups is 3. The fraction of sp³-hybridized carbons (Fsp3) is 0.0556. The van der Waals surface area contributed by atoms with E-state index in [1.807, 2.05) is 0 Å². The van der Waals surface area contributed by atoms with Crippen molar-refractivity contribution in [1.29, 1.82) is 0 Å². The molecule has 0 saturated carbocycles. The van der Waals surface area contributed by atoms with Crippen LogP contribution < -0.4 is 0 Å². The molecule has 1 saturated heterocycles. The zero-order valence-corrected chi connectivity index (χ0v) is 16.2. The zero-order valence-electron chi connectivity index (χ0n) is 13.8. The molecule has 0 radical (unpaired) electrons. The molecule has 0 spiro atoms. The maximum atomic E-state index is 12.6. The Balaban J connectivity index is 1.89. The molecule has 28 heavy (non-hydrogen) atoms. The fourth-order valence-electron chi connectivity index (χ4n) is 2.50. The number of phenolic OH excluding ortho intramolecular Hbond substituents is 1. The SMILES string of the molecule is O=C(O)c1cc(C=C2SC(=O)N(Cc3ccc(Cl)c(Cl)c3)C2=O)cc(O)c1O. The molecule has 0 unspecified atom stereocenters. The van der Waals surface area contributed by atoms with Gasteiger partial charge in [0.1, 0.15) is 5.56 Å². The van der Waals surface area contributed by atoms with Crippen molar-refractivity contribution in [2.45, 2.75) is 6.54 Å². The second-order valence-corrected chi connectivity index (χ2v) is 7.57. The van der Waals surface area contributed by atoms with E-state index in [-0.39, 0.29) is 17.0 Å². The lowest BCUT2D eigenvalue weighted by atomic mass is 10.1. The first kappa shape index (κ1) is 20.1. The Morgan fingerprint density at radius 3 is 2.46 bits per heavy atom. The zero-order chi connectivity index (χ0) is 20.6. The summed E-state index contributed by atoms with van der Waals surface area (Å²) in [6, 6.07) is 6.92. The van der Waals surface area contributed by atoms with Gasteiger partial charge in [0, 0.05) is 0 Å². The van der Waals surface area contributed by atoms with E-state index in [9.17, 15) is 24.6 Å². The maximum Gasteiger partial charge on any atom is 0.339 e. The maximum absolute atomic E-state index is 12.6. The van der Waals surface area contributed by atoms with Gasteiger partial charge in [0.2, 0.25) is 0 Å². The van der Waals surface area contributed by atoms with Crippen molar-refractivity contribution in [3.05, 3.63) is 62.0 Å². The van der Waals surface area contributed by atoms with Crippen LogP contribution in [0.15, 0.2) is 35.2 Å². The minimum Gasteiger partial charge on any atom is -0.504 e. The van der Waals surface area contributed by atoms with E-state index >= 15 is 0 Å². The largest absolute Gasteiger partial charge is 0.504 e. The molecule has 1 aliphatic rings. The number of aromatic hydroxyl groups is 2. The number of imide groups is 1. The summed E-state index contributed by atoms with van der Waals surface area (Å²) in [6.07, 6.45) is 1.27. The van der Waals surface area contributed by atoms with Crippen LogP contribution in [0.1, 0.15) is 21.5 Å². The number of carboxylic acid groups (broad SMARTS) is 1. The lowest BCUT2D eigenvalue weighted by molar-refractivity contribution is -0.123. The van der Waals surface area contributed by atoms with Gasteiger partial charge in [-0.15, -0.1) is 0 Å². The standard InChI is InChI=1S/C18H11Cl2NO6S/c19-11-2-1-8(4-12(11)20)7-21-16(24)14(28-18(21)27)6-9-3-10(17(25)26)15(23)13(22)5-9/h1-6,22-23H,7H2,(H,25,26). The van der Waals surface area contributed by atoms with Gasteiger partial charge >= 0.3 is 5.97 Å². The molecule has 7 nitrogen and oxygen atoms in total. The Morgan fingerprint density at radius 1 is 1.11 bits per heavy atom. The van der Waals surface area contributed by atoms with E-state index in [1.165, 1.54) is 6.08 Å². The lowest BCUT2D eigenvalue weighted by Gasteiger charge is -2.13. The highest BCUT2D eigenvalue weighted by Crippen LogP contribution is 2.36. The number of carbonyl (C=O) groups excluding carboxylic acids is 2. The minimum absolute atomic E-state index is 0.0138. The number of rotatable bonds is 4. The van der Waals surface area contributed by atoms with Crippen LogP contribution in [0.5, 0.6) is 11.5 Å². The third kappa shape index (κ3) is 3.94. The minimum atomic E-state index is -1.45. The Bertz CT molecular complexity index is 1050. The molecule has 0 bridgehead atoms. The predicted octanol–water partition coefficient (Wildman–Crippen LogP) is 4.34. The third-order valence-electron chi connectivity index (χ3n) is 3.84. The van der Waals surface area contributed by atoms with Crippen LogP contribution in [0, 0.1) is 0 Å². The second kappa shape index (κ2) is 7.75. The van der Waals surface area contributed by atoms with E-state index in [4.69, 9.17) is 28.3 Å². The molecule has 3 rings (SSSR count). The van der Waals surface area contributed by atoms with E-state index < -0.39 is 34.2 Å². The molecular weight excluding hydrogens is 429 g/mol. The first-order valence-corrected chi connectivity index (χ1v) is 9.23. The molecular formula is C18H11Cl2NO6S. The van der Waals surface area contributed by atoms with E-state index in [1.54, 1.807) is 18.2 Å². The van der Waals surface area contributed by atoms with Crippen molar-refractivity contribution in [1.82, 2.24) is 4.90 Å². The highest BCUT2D eigenvalue weighted by Gasteiger charge is 2.35. The quantitative estimate of drug-likeness (QED) is 0.479. The normalized spacial score (nSPS) is 15.5. The molecule has 1 heterocycles. The van der Waals surface area contributed by atoms with Crippen LogP contribution in [0.4, 0.5) is 4.79 Å². The number of benzene rings is 2. The molecule has 3 N–H and O–H groups in total. The number of aromatic carboxylic acids is 1. The van der Waals surface area contributed by atoms with Crippen LogP contribution in [-0.2, 0) is 11.3 Å². The van der Waals surface area contributed by atoms with Gasteiger partial charge in [-0.2, -0.15) is 0 Å². The smallest absolute Gasteiger partial charge is 0.339 e. The molecule has 1 fully saturated rings. The molecule has 0 aromatic heterocycles. The molecule has 2 aromatic rings. The molecule has 2 amide bonds. The summed E-state index contributed by atoms with van der Waals surface area (Å²) in [5.74, 6) is -3.46. The van der Waals surface area contributed by atoms with Gasteiger partial charge in [0.25, 0.3) is 11.1 Å². The predicted molar refractivity (Wildman–Crippen MR) is 105 cm³/mol. The van der Waals surface area contributed by atoms with E-state index in [0.717, 1.165) is 17.0 Å². The van der Waals surface area contributed by atoms with E-state index in [2.05, 4.69) is 0 Å². The third-order valence-corrected chi connectivity index (χ3v) is 5.49. The van der Waals surface area contributed by atoms with Gasteiger partial charge in [-0.1, -0.05) is 29.3 Å². The summed E-state index contributed by atoms with van der Waals surface area (Å²) < 4.78 is 0. The molecule has 0 aliphatic carbocycles. The van der Waals surface area contributed by atoms with Crippen molar-refractivity contribution < 1.29 is 29.7 Å². The summed E-state index contributed by atoms with van der Waals surface area (Å²) in [5, 5.41) is 28.5. The van der Waals surface area contributed by atoms with Gasteiger partial charge in [-0.05, 0) is 53.2 Å². The van der Waals surface area contributed by atoms with Crippen LogP contribution in [0.25, 0.3) is 6.08 Å². The number of nitrogens with zero attached hydrogens (tertiary/aromatic N) is 1. The van der Waals surface area contributed by atoms with E-state index in [0.29, 0.717) is 27.4 Å². The van der Waals surface area contributed by atoms with Crippen molar-refractivity contribution in [3.8, 4) is 11.5 Å². The van der Waals surface area contributed by atoms with Crippen LogP contribution >= 0.6 is 35.0 Å². The average molecular weight is 440 g/mol. The Labute approximate surface area is 172 Å². The number of amides is 2. The molecule has 0 atom stereocenters. The highest BCUT2D eigenvalue weighted by molar-refractivity contribution is 8.18. The molecule has 144 valence electrons. The van der Waals surface area contributed by atoms with Crippen LogP contribution in [-0.4, -0.2) is 37.3 Å². The number of carboxylic acids is 1. The van der Waals surface area contributed by atoms with Crippen molar-refractivity contribution in [2.75, 3.05) is 0 Å². The van der Waals surface area contributed by atoms with Gasteiger partial charge in [0.05, 0.1) is 21.5 Å². The van der Waals surface area contributed by atoms with Gasteiger partial charge in [0.15, 0.2) is 11.5 Å². The number of hydrogen-bond donors (Lipinski definition) is 3. The van der Waals surface area contributed by atoms with Crippen molar-refractivity contribution in [3.63, 3.8) is 0 Å². The van der Waals surface area contributed by atoms with Crippen LogP contribution in [0.3, 0.4) is 0 Å².